The molecule has 1 aromatic rings. The second-order valence-electron chi connectivity index (χ2n) is 3.39. The molecule has 1 heterocycles. The molecule has 2 heteroatoms. The van der Waals surface area contributed by atoms with E-state index in [1.807, 2.05) is 0 Å². The monoisotopic (exact) mass is 177 g/mol. The molecule has 2 N–H and O–H groups in total. The van der Waals surface area contributed by atoms with Crippen molar-refractivity contribution in [3.05, 3.63) is 35.4 Å². The summed E-state index contributed by atoms with van der Waals surface area (Å²) in [5, 5.41) is 0. The van der Waals surface area contributed by atoms with Gasteiger partial charge in [0.1, 0.15) is 0 Å². The zero-order chi connectivity index (χ0) is 9.10. The molecule has 1 aliphatic rings. The van der Waals surface area contributed by atoms with Gasteiger partial charge in [0.05, 0.1) is 12.7 Å². The molecular formula is C11H15NO. The Morgan fingerprint density at radius 1 is 1.38 bits per heavy atom. The van der Waals surface area contributed by atoms with E-state index in [-0.39, 0.29) is 6.10 Å². The fraction of sp³-hybridized carbons (Fsp3) is 0.455. The standard InChI is InChI=1S/C11H15NO/c12-7-5-11-10-4-2-1-3-9(10)6-8-13-11/h1-4,11H,5-8,12H2/t11-/m0/s1. The van der Waals surface area contributed by atoms with Crippen molar-refractivity contribution in [3.63, 3.8) is 0 Å². The molecule has 0 amide bonds. The molecule has 0 unspecified atom stereocenters. The van der Waals surface area contributed by atoms with Crippen molar-refractivity contribution < 1.29 is 4.74 Å². The average Bonchev–Trinajstić information content (AvgIpc) is 2.19. The highest BCUT2D eigenvalue weighted by Crippen LogP contribution is 2.28. The fourth-order valence-electron chi connectivity index (χ4n) is 1.87. The first kappa shape index (κ1) is 8.73. The van der Waals surface area contributed by atoms with Crippen LogP contribution in [0.3, 0.4) is 0 Å². The summed E-state index contributed by atoms with van der Waals surface area (Å²) < 4.78 is 5.66. The molecule has 0 saturated carbocycles. The van der Waals surface area contributed by atoms with Crippen LogP contribution in [-0.2, 0) is 11.2 Å². The van der Waals surface area contributed by atoms with E-state index in [0.717, 1.165) is 19.4 Å². The van der Waals surface area contributed by atoms with Crippen LogP contribution in [0.4, 0.5) is 0 Å². The molecule has 2 nitrogen and oxygen atoms in total. The SMILES string of the molecule is NCC[C@@H]1OCCc2ccccc21. The lowest BCUT2D eigenvalue weighted by Crippen LogP contribution is -2.18. The van der Waals surface area contributed by atoms with Gasteiger partial charge in [0.2, 0.25) is 0 Å². The van der Waals surface area contributed by atoms with Gasteiger partial charge in [0.25, 0.3) is 0 Å². The number of benzene rings is 1. The van der Waals surface area contributed by atoms with Gasteiger partial charge in [-0.2, -0.15) is 0 Å². The van der Waals surface area contributed by atoms with Crippen LogP contribution in [0.15, 0.2) is 24.3 Å². The minimum absolute atomic E-state index is 0.231. The zero-order valence-electron chi connectivity index (χ0n) is 7.70. The summed E-state index contributed by atoms with van der Waals surface area (Å²) in [5.41, 5.74) is 8.29. The number of rotatable bonds is 2. The second-order valence-corrected chi connectivity index (χ2v) is 3.39. The maximum atomic E-state index is 5.66. The van der Waals surface area contributed by atoms with E-state index < -0.39 is 0 Å². The van der Waals surface area contributed by atoms with Gasteiger partial charge in [-0.15, -0.1) is 0 Å². The molecule has 13 heavy (non-hydrogen) atoms. The largest absolute Gasteiger partial charge is 0.373 e. The average molecular weight is 177 g/mol. The van der Waals surface area contributed by atoms with Crippen molar-refractivity contribution in [1.29, 1.82) is 0 Å². The Labute approximate surface area is 78.7 Å². The maximum Gasteiger partial charge on any atom is 0.0839 e. The predicted molar refractivity (Wildman–Crippen MR) is 52.5 cm³/mol. The van der Waals surface area contributed by atoms with Crippen molar-refractivity contribution >= 4 is 0 Å². The van der Waals surface area contributed by atoms with E-state index in [9.17, 15) is 0 Å². The summed E-state index contributed by atoms with van der Waals surface area (Å²) in [6.07, 6.45) is 2.20. The Bertz CT molecular complexity index is 285. The van der Waals surface area contributed by atoms with Gasteiger partial charge in [-0.25, -0.2) is 0 Å². The Morgan fingerprint density at radius 3 is 3.08 bits per heavy atom. The van der Waals surface area contributed by atoms with Crippen molar-refractivity contribution in [2.45, 2.75) is 18.9 Å². The third-order valence-corrected chi connectivity index (χ3v) is 2.52. The van der Waals surface area contributed by atoms with Crippen molar-refractivity contribution in [1.82, 2.24) is 0 Å². The van der Waals surface area contributed by atoms with E-state index in [4.69, 9.17) is 10.5 Å². The van der Waals surface area contributed by atoms with E-state index in [1.54, 1.807) is 0 Å². The minimum Gasteiger partial charge on any atom is -0.373 e. The number of fused-ring (bicyclic) bond motifs is 1. The van der Waals surface area contributed by atoms with E-state index in [1.165, 1.54) is 11.1 Å². The van der Waals surface area contributed by atoms with Gasteiger partial charge in [-0.3, -0.25) is 0 Å². The molecule has 1 atom stereocenters. The molecule has 0 aromatic heterocycles. The van der Waals surface area contributed by atoms with Crippen LogP contribution in [0.5, 0.6) is 0 Å². The van der Waals surface area contributed by atoms with Crippen molar-refractivity contribution in [2.24, 2.45) is 5.73 Å². The highest BCUT2D eigenvalue weighted by Gasteiger charge is 2.18. The van der Waals surface area contributed by atoms with Gasteiger partial charge in [-0.05, 0) is 30.5 Å². The molecular weight excluding hydrogens is 162 g/mol. The molecule has 1 aliphatic heterocycles. The summed E-state index contributed by atoms with van der Waals surface area (Å²) in [6, 6.07) is 8.48. The summed E-state index contributed by atoms with van der Waals surface area (Å²) in [4.78, 5) is 0. The lowest BCUT2D eigenvalue weighted by atomic mass is 9.96. The first-order valence-electron chi connectivity index (χ1n) is 4.81. The predicted octanol–water partition coefficient (Wildman–Crippen LogP) is 1.65. The fourth-order valence-corrected chi connectivity index (χ4v) is 1.87. The summed E-state index contributed by atoms with van der Waals surface area (Å²) in [5.74, 6) is 0. The summed E-state index contributed by atoms with van der Waals surface area (Å²) in [6.45, 7) is 1.53. The zero-order valence-corrected chi connectivity index (χ0v) is 7.70. The van der Waals surface area contributed by atoms with E-state index in [2.05, 4.69) is 24.3 Å². The Kier molecular flexibility index (Phi) is 2.62. The van der Waals surface area contributed by atoms with Gasteiger partial charge in [0.15, 0.2) is 0 Å². The van der Waals surface area contributed by atoms with E-state index >= 15 is 0 Å². The third kappa shape index (κ3) is 1.74. The van der Waals surface area contributed by atoms with Gasteiger partial charge in [-0.1, -0.05) is 24.3 Å². The second kappa shape index (κ2) is 3.90. The van der Waals surface area contributed by atoms with Crippen molar-refractivity contribution in [3.8, 4) is 0 Å². The first-order valence-corrected chi connectivity index (χ1v) is 4.81. The number of nitrogens with two attached hydrogens (primary N) is 1. The van der Waals surface area contributed by atoms with Crippen LogP contribution < -0.4 is 5.73 Å². The van der Waals surface area contributed by atoms with Crippen LogP contribution >= 0.6 is 0 Å². The Morgan fingerprint density at radius 2 is 2.23 bits per heavy atom. The maximum absolute atomic E-state index is 5.66. The Hall–Kier alpha value is -0.860. The molecule has 0 bridgehead atoms. The topological polar surface area (TPSA) is 35.2 Å². The smallest absolute Gasteiger partial charge is 0.0839 e. The summed E-state index contributed by atoms with van der Waals surface area (Å²) in [7, 11) is 0. The van der Waals surface area contributed by atoms with Crippen LogP contribution in [0.1, 0.15) is 23.7 Å². The molecule has 70 valence electrons. The number of hydrogen-bond acceptors (Lipinski definition) is 2. The number of hydrogen-bond donors (Lipinski definition) is 1. The summed E-state index contributed by atoms with van der Waals surface area (Å²) >= 11 is 0. The van der Waals surface area contributed by atoms with Gasteiger partial charge in [0, 0.05) is 0 Å². The van der Waals surface area contributed by atoms with Crippen LogP contribution in [-0.4, -0.2) is 13.2 Å². The van der Waals surface area contributed by atoms with Gasteiger partial charge < -0.3 is 10.5 Å². The highest BCUT2D eigenvalue weighted by atomic mass is 16.5. The Balaban J connectivity index is 2.26. The first-order chi connectivity index (χ1) is 6.42. The lowest BCUT2D eigenvalue weighted by molar-refractivity contribution is 0.0383. The number of ether oxygens (including phenoxy) is 1. The van der Waals surface area contributed by atoms with Crippen LogP contribution in [0, 0.1) is 0 Å². The normalized spacial score (nSPS) is 21.2. The molecule has 0 fully saturated rings. The van der Waals surface area contributed by atoms with Crippen LogP contribution in [0.25, 0.3) is 0 Å². The van der Waals surface area contributed by atoms with Gasteiger partial charge >= 0.3 is 0 Å². The van der Waals surface area contributed by atoms with Crippen LogP contribution in [0.2, 0.25) is 0 Å². The molecule has 0 saturated heterocycles. The molecule has 0 spiro atoms. The van der Waals surface area contributed by atoms with Crippen molar-refractivity contribution in [2.75, 3.05) is 13.2 Å². The minimum atomic E-state index is 0.231. The molecule has 0 aliphatic carbocycles. The lowest BCUT2D eigenvalue weighted by Gasteiger charge is -2.25. The molecule has 1 aromatic carbocycles. The third-order valence-electron chi connectivity index (χ3n) is 2.52. The highest BCUT2D eigenvalue weighted by molar-refractivity contribution is 5.30. The van der Waals surface area contributed by atoms with E-state index in [0.29, 0.717) is 6.54 Å². The molecule has 2 rings (SSSR count). The quantitative estimate of drug-likeness (QED) is 0.745. The molecule has 0 radical (unpaired) electrons.